The van der Waals surface area contributed by atoms with Crippen LogP contribution >= 0.6 is 0 Å². The first-order chi connectivity index (χ1) is 13.1. The molecule has 0 aromatic heterocycles. The van der Waals surface area contributed by atoms with Crippen molar-refractivity contribution in [3.8, 4) is 0 Å². The highest BCUT2D eigenvalue weighted by Crippen LogP contribution is 2.26. The Morgan fingerprint density at radius 1 is 1.11 bits per heavy atom. The van der Waals surface area contributed by atoms with Gasteiger partial charge in [-0.25, -0.2) is 0 Å². The number of nitrogens with one attached hydrogen (secondary N) is 2. The molecule has 2 saturated heterocycles. The predicted octanol–water partition coefficient (Wildman–Crippen LogP) is -1.15. The number of hydrogen-bond acceptors (Lipinski definition) is 9. The number of nitrogens with zero attached hydrogens (tertiary/aromatic N) is 1. The molecule has 0 aromatic carbocycles. The van der Waals surface area contributed by atoms with Crippen LogP contribution in [0.15, 0.2) is 0 Å². The monoisotopic (exact) mass is 399 g/mol. The predicted molar refractivity (Wildman–Crippen MR) is 93.1 cm³/mol. The Kier molecular flexibility index (Phi) is 8.23. The second-order valence-corrected chi connectivity index (χ2v) is 6.10. The Morgan fingerprint density at radius 2 is 1.75 bits per heavy atom. The summed E-state index contributed by atoms with van der Waals surface area (Å²) >= 11 is 0. The van der Waals surface area contributed by atoms with Gasteiger partial charge in [-0.05, 0) is 20.5 Å². The maximum atomic E-state index is 11.7. The number of esters is 2. The second kappa shape index (κ2) is 9.93. The molecule has 156 valence electrons. The van der Waals surface area contributed by atoms with Gasteiger partial charge in [0, 0.05) is 12.8 Å². The summed E-state index contributed by atoms with van der Waals surface area (Å²) in [4.78, 5) is 68.2. The van der Waals surface area contributed by atoms with Crippen molar-refractivity contribution in [1.82, 2.24) is 15.5 Å². The van der Waals surface area contributed by atoms with E-state index in [0.717, 1.165) is 0 Å². The molecule has 28 heavy (non-hydrogen) atoms. The summed E-state index contributed by atoms with van der Waals surface area (Å²) in [6.45, 7) is 5.81. The average Bonchev–Trinajstić information content (AvgIpc) is 3.13. The quantitative estimate of drug-likeness (QED) is 0.244. The van der Waals surface area contributed by atoms with Gasteiger partial charge in [-0.1, -0.05) is 13.8 Å². The fraction of sp³-hybridized carbons (Fsp3) is 0.647. The van der Waals surface area contributed by atoms with Gasteiger partial charge in [-0.2, -0.15) is 0 Å². The number of imide groups is 2. The molecular formula is C17H25N3O8. The fourth-order valence-corrected chi connectivity index (χ4v) is 2.54. The summed E-state index contributed by atoms with van der Waals surface area (Å²) < 4.78 is 9.73. The molecule has 2 aliphatic rings. The molecule has 4 amide bonds. The lowest BCUT2D eigenvalue weighted by molar-refractivity contribution is -0.185. The maximum absolute atomic E-state index is 11.7. The Morgan fingerprint density at radius 3 is 2.14 bits per heavy atom. The topological polar surface area (TPSA) is 148 Å². The van der Waals surface area contributed by atoms with E-state index in [2.05, 4.69) is 10.1 Å². The van der Waals surface area contributed by atoms with E-state index in [0.29, 0.717) is 6.54 Å². The lowest BCUT2D eigenvalue weighted by atomic mass is 10.1. The molecule has 0 aliphatic carbocycles. The highest BCUT2D eigenvalue weighted by atomic mass is 16.6. The minimum atomic E-state index is -1.46. The van der Waals surface area contributed by atoms with E-state index >= 15 is 0 Å². The molecule has 2 rings (SSSR count). The molecular weight excluding hydrogens is 374 g/mol. The molecule has 2 heterocycles. The van der Waals surface area contributed by atoms with Crippen LogP contribution < -0.4 is 10.6 Å². The number of carbonyl (C=O) groups is 6. The summed E-state index contributed by atoms with van der Waals surface area (Å²) in [5, 5.41) is 4.18. The zero-order valence-electron chi connectivity index (χ0n) is 16.3. The third kappa shape index (κ3) is 5.35. The van der Waals surface area contributed by atoms with E-state index in [9.17, 15) is 28.8 Å². The van der Waals surface area contributed by atoms with Gasteiger partial charge in [0.15, 0.2) is 0 Å². The SMILES string of the molecule is CCC(=O)OC1(N(C)CC)CC(=O)NC1=O.CCOC(=O)C1CC(=O)NC1=O. The van der Waals surface area contributed by atoms with Gasteiger partial charge in [-0.15, -0.1) is 0 Å². The van der Waals surface area contributed by atoms with Crippen LogP contribution in [0.5, 0.6) is 0 Å². The molecule has 0 radical (unpaired) electrons. The first kappa shape index (κ1) is 23.2. The van der Waals surface area contributed by atoms with Crippen LogP contribution in [-0.4, -0.2) is 66.4 Å². The summed E-state index contributed by atoms with van der Waals surface area (Å²) in [6, 6.07) is 0. The normalized spacial score (nSPS) is 23.7. The van der Waals surface area contributed by atoms with Gasteiger partial charge in [0.25, 0.3) is 11.6 Å². The number of hydrogen-bond donors (Lipinski definition) is 2. The molecule has 2 unspecified atom stereocenters. The maximum Gasteiger partial charge on any atom is 0.319 e. The minimum Gasteiger partial charge on any atom is -0.465 e. The highest BCUT2D eigenvalue weighted by molar-refractivity contribution is 6.12. The molecule has 0 saturated carbocycles. The van der Waals surface area contributed by atoms with Crippen molar-refractivity contribution in [3.63, 3.8) is 0 Å². The van der Waals surface area contributed by atoms with Gasteiger partial charge in [0.2, 0.25) is 17.7 Å². The lowest BCUT2D eigenvalue weighted by Gasteiger charge is -2.33. The molecule has 0 bridgehead atoms. The molecule has 0 aromatic rings. The van der Waals surface area contributed by atoms with E-state index in [1.807, 2.05) is 12.2 Å². The van der Waals surface area contributed by atoms with Gasteiger partial charge < -0.3 is 9.47 Å². The first-order valence-corrected chi connectivity index (χ1v) is 8.88. The Balaban J connectivity index is 0.000000292. The third-order valence-electron chi connectivity index (χ3n) is 4.21. The van der Waals surface area contributed by atoms with Crippen molar-refractivity contribution in [2.24, 2.45) is 5.92 Å². The number of amides is 4. The molecule has 2 N–H and O–H groups in total. The van der Waals surface area contributed by atoms with Crippen LogP contribution in [0.2, 0.25) is 0 Å². The summed E-state index contributed by atoms with van der Waals surface area (Å²) in [5.74, 6) is -4.02. The largest absolute Gasteiger partial charge is 0.465 e. The highest BCUT2D eigenvalue weighted by Gasteiger charge is 2.53. The van der Waals surface area contributed by atoms with Crippen LogP contribution in [0.1, 0.15) is 40.0 Å². The number of ether oxygens (including phenoxy) is 2. The minimum absolute atomic E-state index is 0.0856. The molecule has 11 heteroatoms. The standard InChI is InChI=1S/C10H16N2O4.C7H9NO4/c1-4-8(14)16-10(12(3)5-2)6-7(13)11-9(10)15;1-2-12-7(11)4-3-5(9)8-6(4)10/h4-6H2,1-3H3,(H,11,13,15);4H,2-3H2,1H3,(H,8,9,10). The van der Waals surface area contributed by atoms with Gasteiger partial charge >= 0.3 is 11.9 Å². The van der Waals surface area contributed by atoms with E-state index in [-0.39, 0.29) is 25.9 Å². The summed E-state index contributed by atoms with van der Waals surface area (Å²) in [6.07, 6.45) is -0.0552. The number of likely N-dealkylation sites (N-methyl/N-ethyl adjacent to an activating group) is 1. The fourth-order valence-electron chi connectivity index (χ4n) is 2.54. The van der Waals surface area contributed by atoms with Gasteiger partial charge in [0.1, 0.15) is 5.92 Å². The van der Waals surface area contributed by atoms with E-state index < -0.39 is 47.2 Å². The molecule has 2 atom stereocenters. The van der Waals surface area contributed by atoms with Crippen molar-refractivity contribution < 1.29 is 38.2 Å². The molecule has 11 nitrogen and oxygen atoms in total. The molecule has 0 spiro atoms. The van der Waals surface area contributed by atoms with Gasteiger partial charge in [-0.3, -0.25) is 44.3 Å². The van der Waals surface area contributed by atoms with Crippen molar-refractivity contribution in [2.45, 2.75) is 45.8 Å². The first-order valence-electron chi connectivity index (χ1n) is 8.88. The van der Waals surface area contributed by atoms with Crippen LogP contribution in [-0.2, 0) is 38.2 Å². The molecule has 2 aliphatic heterocycles. The third-order valence-corrected chi connectivity index (χ3v) is 4.21. The van der Waals surface area contributed by atoms with E-state index in [1.165, 1.54) is 0 Å². The second-order valence-electron chi connectivity index (χ2n) is 6.10. The average molecular weight is 399 g/mol. The van der Waals surface area contributed by atoms with Crippen molar-refractivity contribution in [2.75, 3.05) is 20.2 Å². The smallest absolute Gasteiger partial charge is 0.319 e. The van der Waals surface area contributed by atoms with Crippen LogP contribution in [0.4, 0.5) is 0 Å². The van der Waals surface area contributed by atoms with Crippen molar-refractivity contribution in [3.05, 3.63) is 0 Å². The van der Waals surface area contributed by atoms with Crippen molar-refractivity contribution >= 4 is 35.6 Å². The number of rotatable bonds is 6. The van der Waals surface area contributed by atoms with Crippen LogP contribution in [0.25, 0.3) is 0 Å². The summed E-state index contributed by atoms with van der Waals surface area (Å²) in [5.41, 5.74) is -1.46. The van der Waals surface area contributed by atoms with Gasteiger partial charge in [0.05, 0.1) is 13.0 Å². The zero-order valence-corrected chi connectivity index (χ0v) is 16.3. The van der Waals surface area contributed by atoms with Crippen LogP contribution in [0.3, 0.4) is 0 Å². The van der Waals surface area contributed by atoms with Crippen molar-refractivity contribution in [1.29, 1.82) is 0 Å². The number of carbonyl (C=O) groups excluding carboxylic acids is 6. The molecule has 2 fully saturated rings. The van der Waals surface area contributed by atoms with E-state index in [4.69, 9.17) is 4.74 Å². The Bertz CT molecular complexity index is 677. The Labute approximate surface area is 162 Å². The Hall–Kier alpha value is -2.82. The van der Waals surface area contributed by atoms with E-state index in [1.54, 1.807) is 25.8 Å². The van der Waals surface area contributed by atoms with Crippen LogP contribution in [0, 0.1) is 5.92 Å². The summed E-state index contributed by atoms with van der Waals surface area (Å²) in [7, 11) is 1.64. The lowest BCUT2D eigenvalue weighted by Crippen LogP contribution is -2.55. The zero-order chi connectivity index (χ0) is 21.5.